The Morgan fingerprint density at radius 1 is 1.06 bits per heavy atom. The molecule has 1 unspecified atom stereocenters. The molecule has 168 valence electrons. The van der Waals surface area contributed by atoms with E-state index in [0.29, 0.717) is 38.8 Å². The number of hydrogen-bond acceptors (Lipinski definition) is 4. The van der Waals surface area contributed by atoms with Crippen LogP contribution in [0.4, 0.5) is 0 Å². The van der Waals surface area contributed by atoms with E-state index >= 15 is 0 Å². The van der Waals surface area contributed by atoms with Crippen molar-refractivity contribution in [3.63, 3.8) is 0 Å². The Kier molecular flexibility index (Phi) is 6.20. The van der Waals surface area contributed by atoms with E-state index in [9.17, 15) is 9.59 Å². The van der Waals surface area contributed by atoms with E-state index in [0.717, 1.165) is 5.56 Å². The second kappa shape index (κ2) is 9.08. The van der Waals surface area contributed by atoms with Gasteiger partial charge in [0.05, 0.1) is 29.7 Å². The number of methoxy groups -OCH3 is 1. The minimum atomic E-state index is -0.503. The zero-order chi connectivity index (χ0) is 23.7. The van der Waals surface area contributed by atoms with Crippen LogP contribution in [0.3, 0.4) is 0 Å². The summed E-state index contributed by atoms with van der Waals surface area (Å²) in [5.41, 5.74) is 2.55. The van der Waals surface area contributed by atoms with Crippen LogP contribution >= 0.6 is 11.6 Å². The zero-order valence-corrected chi connectivity index (χ0v) is 19.6. The van der Waals surface area contributed by atoms with E-state index in [-0.39, 0.29) is 11.5 Å². The normalized spacial score (nSPS) is 11.9. The first kappa shape index (κ1) is 22.6. The summed E-state index contributed by atoms with van der Waals surface area (Å²) in [6.07, 6.45) is 0. The number of fused-ring (bicyclic) bond motifs is 1. The highest BCUT2D eigenvalue weighted by atomic mass is 35.5. The third kappa shape index (κ3) is 4.34. The Morgan fingerprint density at radius 2 is 1.73 bits per heavy atom. The van der Waals surface area contributed by atoms with E-state index in [1.807, 2.05) is 38.1 Å². The highest BCUT2D eigenvalue weighted by molar-refractivity contribution is 6.31. The molecule has 1 amide bonds. The molecule has 0 saturated carbocycles. The van der Waals surface area contributed by atoms with Crippen molar-refractivity contribution in [2.45, 2.75) is 19.9 Å². The van der Waals surface area contributed by atoms with E-state index in [1.165, 1.54) is 0 Å². The van der Waals surface area contributed by atoms with Gasteiger partial charge in [-0.1, -0.05) is 29.3 Å². The minimum absolute atomic E-state index is 0.193. The number of nitrogens with zero attached hydrogens (tertiary/aromatic N) is 3. The maximum atomic E-state index is 13.5. The lowest BCUT2D eigenvalue weighted by Gasteiger charge is -2.27. The van der Waals surface area contributed by atoms with Crippen molar-refractivity contribution in [2.75, 3.05) is 14.2 Å². The maximum Gasteiger partial charge on any atom is 0.266 e. The summed E-state index contributed by atoms with van der Waals surface area (Å²) in [6.45, 7) is 3.84. The second-order valence-corrected chi connectivity index (χ2v) is 8.36. The number of hydrogen-bond donors (Lipinski definition) is 0. The van der Waals surface area contributed by atoms with Crippen molar-refractivity contribution >= 4 is 28.4 Å². The van der Waals surface area contributed by atoms with Crippen LogP contribution in [-0.4, -0.2) is 34.5 Å². The summed E-state index contributed by atoms with van der Waals surface area (Å²) in [7, 11) is 3.28. The molecule has 6 nitrogen and oxygen atoms in total. The van der Waals surface area contributed by atoms with Crippen LogP contribution < -0.4 is 10.3 Å². The quantitative estimate of drug-likeness (QED) is 0.410. The largest absolute Gasteiger partial charge is 0.497 e. The average Bonchev–Trinajstić information content (AvgIpc) is 2.83. The highest BCUT2D eigenvalue weighted by Crippen LogP contribution is 2.25. The van der Waals surface area contributed by atoms with Gasteiger partial charge in [0.25, 0.3) is 11.5 Å². The Morgan fingerprint density at radius 3 is 2.36 bits per heavy atom. The van der Waals surface area contributed by atoms with E-state index in [1.54, 1.807) is 66.1 Å². The van der Waals surface area contributed by atoms with E-state index < -0.39 is 6.04 Å². The van der Waals surface area contributed by atoms with Crippen LogP contribution in [0.25, 0.3) is 16.6 Å². The molecule has 0 aliphatic rings. The average molecular weight is 462 g/mol. The van der Waals surface area contributed by atoms with Crippen molar-refractivity contribution in [3.8, 4) is 11.4 Å². The fraction of sp³-hybridized carbons (Fsp3) is 0.192. The Hall–Kier alpha value is -3.64. The first-order valence-electron chi connectivity index (χ1n) is 10.5. The molecule has 33 heavy (non-hydrogen) atoms. The number of carbonyl (C=O) groups is 1. The lowest BCUT2D eigenvalue weighted by molar-refractivity contribution is 0.0735. The molecule has 1 aromatic heterocycles. The summed E-state index contributed by atoms with van der Waals surface area (Å²) in [5, 5.41) is 0.948. The molecule has 3 aromatic carbocycles. The third-order valence-corrected chi connectivity index (χ3v) is 6.00. The van der Waals surface area contributed by atoms with Gasteiger partial charge in [0.1, 0.15) is 11.6 Å². The van der Waals surface area contributed by atoms with Crippen LogP contribution in [-0.2, 0) is 0 Å². The summed E-state index contributed by atoms with van der Waals surface area (Å²) in [6, 6.07) is 19.1. The molecular weight excluding hydrogens is 438 g/mol. The minimum Gasteiger partial charge on any atom is -0.497 e. The van der Waals surface area contributed by atoms with Crippen molar-refractivity contribution < 1.29 is 9.53 Å². The maximum absolute atomic E-state index is 13.5. The number of amides is 1. The molecule has 0 N–H and O–H groups in total. The Labute approximate surface area is 197 Å². The fourth-order valence-electron chi connectivity index (χ4n) is 3.69. The lowest BCUT2D eigenvalue weighted by atomic mass is 10.1. The number of benzene rings is 3. The van der Waals surface area contributed by atoms with Gasteiger partial charge in [0.2, 0.25) is 0 Å². The molecule has 0 aliphatic heterocycles. The standard InChI is InChI=1S/C26H24ClN3O3/c1-16-5-10-20(11-6-16)30-24(28-23-15-19(27)9-14-22(23)26(30)32)17(2)29(3)25(31)18-7-12-21(33-4)13-8-18/h5-15,17H,1-4H3. The van der Waals surface area contributed by atoms with Gasteiger partial charge in [-0.2, -0.15) is 0 Å². The third-order valence-electron chi connectivity index (χ3n) is 5.76. The van der Waals surface area contributed by atoms with Gasteiger partial charge in [-0.15, -0.1) is 0 Å². The van der Waals surface area contributed by atoms with Crippen LogP contribution in [0.1, 0.15) is 34.7 Å². The molecule has 4 aromatic rings. The predicted octanol–water partition coefficient (Wildman–Crippen LogP) is 5.19. The molecular formula is C26H24ClN3O3. The highest BCUT2D eigenvalue weighted by Gasteiger charge is 2.25. The molecule has 1 heterocycles. The number of rotatable bonds is 5. The smallest absolute Gasteiger partial charge is 0.266 e. The summed E-state index contributed by atoms with van der Waals surface area (Å²) >= 11 is 6.17. The summed E-state index contributed by atoms with van der Waals surface area (Å²) in [4.78, 5) is 33.1. The van der Waals surface area contributed by atoms with Crippen LogP contribution in [0, 0.1) is 6.92 Å². The van der Waals surface area contributed by atoms with E-state index in [2.05, 4.69) is 0 Å². The van der Waals surface area contributed by atoms with Gasteiger partial charge in [-0.25, -0.2) is 4.98 Å². The van der Waals surface area contributed by atoms with Gasteiger partial charge >= 0.3 is 0 Å². The number of ether oxygens (including phenoxy) is 1. The van der Waals surface area contributed by atoms with Gasteiger partial charge in [0.15, 0.2) is 0 Å². The van der Waals surface area contributed by atoms with Crippen molar-refractivity contribution in [1.82, 2.24) is 14.5 Å². The predicted molar refractivity (Wildman–Crippen MR) is 131 cm³/mol. The molecule has 0 aliphatic carbocycles. The Balaban J connectivity index is 1.85. The second-order valence-electron chi connectivity index (χ2n) is 7.93. The molecule has 1 atom stereocenters. The molecule has 0 saturated heterocycles. The number of aryl methyl sites for hydroxylation is 1. The van der Waals surface area contributed by atoms with Crippen molar-refractivity contribution in [3.05, 3.63) is 99.1 Å². The number of halogens is 1. The number of carbonyl (C=O) groups excluding carboxylic acids is 1. The molecule has 0 fully saturated rings. The lowest BCUT2D eigenvalue weighted by Crippen LogP contribution is -2.34. The summed E-state index contributed by atoms with van der Waals surface area (Å²) < 4.78 is 6.75. The Bertz CT molecular complexity index is 1380. The van der Waals surface area contributed by atoms with Crippen LogP contribution in [0.5, 0.6) is 5.75 Å². The SMILES string of the molecule is COc1ccc(C(=O)N(C)C(C)c2nc3cc(Cl)ccc3c(=O)n2-c2ccc(C)cc2)cc1. The first-order chi connectivity index (χ1) is 15.8. The first-order valence-corrected chi connectivity index (χ1v) is 10.9. The van der Waals surface area contributed by atoms with Gasteiger partial charge in [-0.3, -0.25) is 14.2 Å². The molecule has 7 heteroatoms. The van der Waals surface area contributed by atoms with Crippen LogP contribution in [0.15, 0.2) is 71.5 Å². The molecule has 4 rings (SSSR count). The van der Waals surface area contributed by atoms with Crippen LogP contribution in [0.2, 0.25) is 5.02 Å². The van der Waals surface area contributed by atoms with Crippen molar-refractivity contribution in [2.24, 2.45) is 0 Å². The number of aromatic nitrogens is 2. The molecule has 0 radical (unpaired) electrons. The fourth-order valence-corrected chi connectivity index (χ4v) is 3.85. The monoisotopic (exact) mass is 461 g/mol. The zero-order valence-electron chi connectivity index (χ0n) is 18.9. The summed E-state index contributed by atoms with van der Waals surface area (Å²) in [5.74, 6) is 0.924. The van der Waals surface area contributed by atoms with E-state index in [4.69, 9.17) is 21.3 Å². The van der Waals surface area contributed by atoms with Gasteiger partial charge in [0, 0.05) is 17.6 Å². The molecule has 0 bridgehead atoms. The topological polar surface area (TPSA) is 64.4 Å². The molecule has 0 spiro atoms. The van der Waals surface area contributed by atoms with Gasteiger partial charge in [-0.05, 0) is 68.4 Å². The van der Waals surface area contributed by atoms with Crippen molar-refractivity contribution in [1.29, 1.82) is 0 Å². The van der Waals surface area contributed by atoms with Gasteiger partial charge < -0.3 is 9.64 Å².